The standard InChI is InChI=1S/C36H51NO11/c1-19-6-11-26-31(3,40)35(43)25(17-37(26)16-19)33(42)18-34-24(32(33,41)15-27(35)38)10-9-23-30(34,2)13-12-28(36(23,44)48-34)47-29(39)20-7-8-21(45-4)22(14-20)46-5/h7-8,14,19,23-28,38,40-44H,6,9-13,15-18H2,1-5H3/t19-,23-,24-,25-,26-,27-,28-,30-,31+,32+,33+,34-,35-,36+/m0/s1. The molecule has 8 rings (SSSR count). The van der Waals surface area contributed by atoms with E-state index < -0.39 is 81.2 Å². The van der Waals surface area contributed by atoms with Crippen LogP contribution in [0.25, 0.3) is 0 Å². The topological polar surface area (TPSA) is 179 Å². The number of carbonyl (C=O) groups excluding carboxylic acids is 1. The highest BCUT2D eigenvalue weighted by Crippen LogP contribution is 2.78. The normalized spacial score (nSPS) is 53.6. The van der Waals surface area contributed by atoms with Crippen molar-refractivity contribution in [1.82, 2.24) is 4.90 Å². The van der Waals surface area contributed by atoms with E-state index in [0.29, 0.717) is 56.1 Å². The maximum absolute atomic E-state index is 13.5. The number of esters is 1. The number of hydrogen-bond acceptors (Lipinski definition) is 12. The molecule has 0 amide bonds. The molecule has 4 bridgehead atoms. The summed E-state index contributed by atoms with van der Waals surface area (Å²) in [7, 11) is 2.97. The lowest BCUT2D eigenvalue weighted by Crippen LogP contribution is -2.85. The summed E-state index contributed by atoms with van der Waals surface area (Å²) in [4.78, 5) is 15.6. The van der Waals surface area contributed by atoms with Crippen molar-refractivity contribution in [2.45, 2.75) is 124 Å². The highest BCUT2D eigenvalue weighted by molar-refractivity contribution is 5.90. The Morgan fingerprint density at radius 3 is 2.31 bits per heavy atom. The first-order valence-electron chi connectivity index (χ1n) is 17.6. The Labute approximate surface area is 280 Å². The maximum Gasteiger partial charge on any atom is 0.338 e. The number of piperidine rings is 2. The molecule has 14 atom stereocenters. The van der Waals surface area contributed by atoms with E-state index in [4.69, 9.17) is 18.9 Å². The second-order valence-electron chi connectivity index (χ2n) is 16.8. The van der Waals surface area contributed by atoms with Crippen LogP contribution in [0.4, 0.5) is 0 Å². The molecule has 3 heterocycles. The summed E-state index contributed by atoms with van der Waals surface area (Å²) in [5.74, 6) is -3.63. The first kappa shape index (κ1) is 33.1. The predicted molar refractivity (Wildman–Crippen MR) is 169 cm³/mol. The molecule has 0 unspecified atom stereocenters. The van der Waals surface area contributed by atoms with Crippen molar-refractivity contribution in [3.05, 3.63) is 23.8 Å². The molecule has 0 radical (unpaired) electrons. The van der Waals surface area contributed by atoms with Crippen molar-refractivity contribution in [1.29, 1.82) is 0 Å². The number of aliphatic hydroxyl groups excluding tert-OH is 1. The van der Waals surface area contributed by atoms with Crippen molar-refractivity contribution < 1.29 is 54.4 Å². The Morgan fingerprint density at radius 2 is 1.60 bits per heavy atom. The van der Waals surface area contributed by atoms with Crippen molar-refractivity contribution in [3.63, 3.8) is 0 Å². The number of rotatable bonds is 4. The van der Waals surface area contributed by atoms with Crippen LogP contribution in [0, 0.1) is 29.1 Å². The predicted octanol–water partition coefficient (Wildman–Crippen LogP) is 1.36. The van der Waals surface area contributed by atoms with Gasteiger partial charge in [-0.1, -0.05) is 13.8 Å². The van der Waals surface area contributed by atoms with Crippen molar-refractivity contribution >= 4 is 5.97 Å². The SMILES string of the molecule is COc1ccc(C(=O)O[C@H]2CC[C@@]3(C)[C@@H]4CC[C@H]5[C@]6(O)C[C@H](O)[C@@]7(O)[C@@H](CN8C[C@@H](C)CC[C@H]8[C@@]7(C)O)[C@]6(O)C[C@]53O[C@@]24O)cc1OC. The molecule has 4 aliphatic carbocycles. The number of methoxy groups -OCH3 is 2. The fraction of sp³-hybridized carbons (Fsp3) is 0.806. The summed E-state index contributed by atoms with van der Waals surface area (Å²) in [5, 5.41) is 74.7. The van der Waals surface area contributed by atoms with Gasteiger partial charge in [0.1, 0.15) is 22.4 Å². The number of benzene rings is 1. The fourth-order valence-electron chi connectivity index (χ4n) is 12.6. The van der Waals surface area contributed by atoms with E-state index >= 15 is 0 Å². The molecule has 0 aromatic heterocycles. The molecular formula is C36H51NO11. The van der Waals surface area contributed by atoms with Crippen LogP contribution in [0.15, 0.2) is 18.2 Å². The number of aliphatic hydroxyl groups is 6. The molecular weight excluding hydrogens is 622 g/mol. The van der Waals surface area contributed by atoms with Crippen LogP contribution >= 0.6 is 0 Å². The average Bonchev–Trinajstić information content (AvgIpc) is 3.21. The van der Waals surface area contributed by atoms with Gasteiger partial charge in [-0.2, -0.15) is 0 Å². The van der Waals surface area contributed by atoms with Crippen LogP contribution in [0.2, 0.25) is 0 Å². The maximum atomic E-state index is 13.5. The molecule has 3 aliphatic heterocycles. The Bertz CT molecular complexity index is 1520. The first-order chi connectivity index (χ1) is 22.5. The second-order valence-corrected chi connectivity index (χ2v) is 16.8. The second kappa shape index (κ2) is 10.1. The number of carbonyl (C=O) groups is 1. The van der Waals surface area contributed by atoms with Crippen LogP contribution in [0.5, 0.6) is 11.5 Å². The summed E-state index contributed by atoms with van der Waals surface area (Å²) >= 11 is 0. The van der Waals surface area contributed by atoms with Gasteiger partial charge in [0.25, 0.3) is 0 Å². The zero-order valence-corrected chi connectivity index (χ0v) is 28.5. The molecule has 12 heteroatoms. The summed E-state index contributed by atoms with van der Waals surface area (Å²) in [6, 6.07) is 4.28. The quantitative estimate of drug-likeness (QED) is 0.253. The minimum atomic E-state index is -2.10. The van der Waals surface area contributed by atoms with E-state index in [0.717, 1.165) is 6.42 Å². The van der Waals surface area contributed by atoms with E-state index in [1.807, 2.05) is 6.92 Å². The third kappa shape index (κ3) is 3.66. The Hall–Kier alpha value is -2.03. The number of ether oxygens (including phenoxy) is 4. The highest BCUT2D eigenvalue weighted by atomic mass is 16.7. The molecule has 48 heavy (non-hydrogen) atoms. The Balaban J connectivity index is 1.16. The minimum absolute atomic E-state index is 0.101. The van der Waals surface area contributed by atoms with Crippen molar-refractivity contribution in [2.24, 2.45) is 29.1 Å². The molecule has 3 saturated heterocycles. The lowest BCUT2D eigenvalue weighted by atomic mass is 9.49. The van der Waals surface area contributed by atoms with Crippen molar-refractivity contribution in [2.75, 3.05) is 27.3 Å². The molecule has 1 aromatic carbocycles. The van der Waals surface area contributed by atoms with E-state index in [2.05, 4.69) is 11.8 Å². The van der Waals surface area contributed by atoms with E-state index in [9.17, 15) is 35.4 Å². The fourth-order valence-corrected chi connectivity index (χ4v) is 12.6. The lowest BCUT2D eigenvalue weighted by Gasteiger charge is -2.68. The van der Waals surface area contributed by atoms with Crippen LogP contribution in [0.1, 0.15) is 82.5 Å². The summed E-state index contributed by atoms with van der Waals surface area (Å²) < 4.78 is 23.5. The van der Waals surface area contributed by atoms with Gasteiger partial charge in [0.05, 0.1) is 31.5 Å². The van der Waals surface area contributed by atoms with Gasteiger partial charge in [0.2, 0.25) is 5.79 Å². The van der Waals surface area contributed by atoms with E-state index in [-0.39, 0.29) is 24.9 Å². The molecule has 4 saturated carbocycles. The molecule has 1 aromatic rings. The first-order valence-corrected chi connectivity index (χ1v) is 17.6. The number of fused-ring (bicyclic) bond motifs is 5. The monoisotopic (exact) mass is 673 g/mol. The van der Waals surface area contributed by atoms with Crippen LogP contribution < -0.4 is 9.47 Å². The van der Waals surface area contributed by atoms with Gasteiger partial charge in [-0.15, -0.1) is 0 Å². The Morgan fingerprint density at radius 1 is 0.896 bits per heavy atom. The van der Waals surface area contributed by atoms with Gasteiger partial charge in [0, 0.05) is 55.1 Å². The van der Waals surface area contributed by atoms with Gasteiger partial charge in [-0.3, -0.25) is 4.90 Å². The van der Waals surface area contributed by atoms with E-state index in [1.54, 1.807) is 19.1 Å². The largest absolute Gasteiger partial charge is 0.493 e. The van der Waals surface area contributed by atoms with Gasteiger partial charge >= 0.3 is 5.97 Å². The molecule has 7 aliphatic rings. The highest BCUT2D eigenvalue weighted by Gasteiger charge is 2.88. The number of nitrogens with zero attached hydrogens (tertiary/aromatic N) is 1. The minimum Gasteiger partial charge on any atom is -0.493 e. The molecule has 266 valence electrons. The van der Waals surface area contributed by atoms with E-state index in [1.165, 1.54) is 20.3 Å². The van der Waals surface area contributed by atoms with Gasteiger partial charge in [0.15, 0.2) is 17.6 Å². The average molecular weight is 674 g/mol. The molecule has 6 N–H and O–H groups in total. The lowest BCUT2D eigenvalue weighted by molar-refractivity contribution is -0.354. The number of hydrogen-bond donors (Lipinski definition) is 6. The third-order valence-corrected chi connectivity index (χ3v) is 14.9. The Kier molecular flexibility index (Phi) is 6.94. The van der Waals surface area contributed by atoms with Gasteiger partial charge < -0.3 is 49.6 Å². The van der Waals surface area contributed by atoms with Gasteiger partial charge in [-0.25, -0.2) is 4.79 Å². The molecule has 12 nitrogen and oxygen atoms in total. The van der Waals surface area contributed by atoms with Crippen LogP contribution in [0.3, 0.4) is 0 Å². The summed E-state index contributed by atoms with van der Waals surface area (Å²) in [6.45, 7) is 6.57. The van der Waals surface area contributed by atoms with Crippen LogP contribution in [-0.2, 0) is 9.47 Å². The summed E-state index contributed by atoms with van der Waals surface area (Å²) in [5.41, 5.74) is -9.44. The zero-order valence-electron chi connectivity index (χ0n) is 28.5. The van der Waals surface area contributed by atoms with Crippen molar-refractivity contribution in [3.8, 4) is 11.5 Å². The molecule has 1 spiro atoms. The zero-order chi connectivity index (χ0) is 34.4. The molecule has 7 fully saturated rings. The smallest absolute Gasteiger partial charge is 0.338 e. The van der Waals surface area contributed by atoms with Crippen LogP contribution in [-0.4, -0.2) is 121 Å². The van der Waals surface area contributed by atoms with Gasteiger partial charge in [-0.05, 0) is 69.6 Å². The third-order valence-electron chi connectivity index (χ3n) is 14.9. The summed E-state index contributed by atoms with van der Waals surface area (Å²) in [6.07, 6.45) is 0.172.